The summed E-state index contributed by atoms with van der Waals surface area (Å²) in [6.07, 6.45) is 0.982. The fourth-order valence-corrected chi connectivity index (χ4v) is 2.95. The third-order valence-corrected chi connectivity index (χ3v) is 4.49. The highest BCUT2D eigenvalue weighted by Crippen LogP contribution is 2.24. The smallest absolute Gasteiger partial charge is 0.171 e. The summed E-state index contributed by atoms with van der Waals surface area (Å²) in [6.45, 7) is 11.0. The average Bonchev–Trinajstić information content (AvgIpc) is 2.54. The molecule has 128 valence electrons. The molecule has 0 aliphatic heterocycles. The van der Waals surface area contributed by atoms with Gasteiger partial charge >= 0.3 is 0 Å². The van der Waals surface area contributed by atoms with Gasteiger partial charge in [0.2, 0.25) is 0 Å². The number of anilines is 1. The zero-order valence-corrected chi connectivity index (χ0v) is 16.1. The van der Waals surface area contributed by atoms with E-state index in [2.05, 4.69) is 87.7 Å². The first-order chi connectivity index (χ1) is 11.3. The van der Waals surface area contributed by atoms with E-state index in [-0.39, 0.29) is 11.5 Å². The predicted octanol–water partition coefficient (Wildman–Crippen LogP) is 5.59. The van der Waals surface area contributed by atoms with E-state index in [1.807, 2.05) is 6.07 Å². The van der Waals surface area contributed by atoms with Crippen molar-refractivity contribution in [2.45, 2.75) is 52.5 Å². The van der Waals surface area contributed by atoms with E-state index in [0.717, 1.165) is 12.1 Å². The van der Waals surface area contributed by atoms with Crippen LogP contribution >= 0.6 is 12.2 Å². The molecule has 1 atom stereocenters. The summed E-state index contributed by atoms with van der Waals surface area (Å²) < 4.78 is 0. The largest absolute Gasteiger partial charge is 0.356 e. The van der Waals surface area contributed by atoms with Crippen LogP contribution in [0.1, 0.15) is 57.4 Å². The van der Waals surface area contributed by atoms with Crippen LogP contribution in [0.3, 0.4) is 0 Å². The molecule has 0 radical (unpaired) electrons. The lowest BCUT2D eigenvalue weighted by atomic mass is 9.86. The molecule has 0 bridgehead atoms. The predicted molar refractivity (Wildman–Crippen MR) is 109 cm³/mol. The molecule has 0 aliphatic carbocycles. The number of nitrogens with one attached hydrogen (secondary N) is 2. The number of benzene rings is 2. The lowest BCUT2D eigenvalue weighted by Gasteiger charge is -2.22. The lowest BCUT2D eigenvalue weighted by molar-refractivity contribution is 0.589. The Balaban J connectivity index is 2.01. The quantitative estimate of drug-likeness (QED) is 0.709. The lowest BCUT2D eigenvalue weighted by Crippen LogP contribution is -2.31. The SMILES string of the molecule is CCc1ccccc1NC(=S)N[C@@H](C)c1ccc(C(C)(C)C)cc1. The van der Waals surface area contributed by atoms with E-state index in [1.165, 1.54) is 16.7 Å². The summed E-state index contributed by atoms with van der Waals surface area (Å²) in [6, 6.07) is 17.2. The van der Waals surface area contributed by atoms with E-state index in [1.54, 1.807) is 0 Å². The highest BCUT2D eigenvalue weighted by atomic mass is 32.1. The van der Waals surface area contributed by atoms with E-state index in [0.29, 0.717) is 5.11 Å². The first kappa shape index (κ1) is 18.5. The van der Waals surface area contributed by atoms with Crippen molar-refractivity contribution >= 4 is 23.0 Å². The normalized spacial score (nSPS) is 12.5. The minimum absolute atomic E-state index is 0.160. The van der Waals surface area contributed by atoms with Crippen LogP contribution in [-0.4, -0.2) is 5.11 Å². The molecule has 2 N–H and O–H groups in total. The van der Waals surface area contributed by atoms with Crippen LogP contribution < -0.4 is 10.6 Å². The van der Waals surface area contributed by atoms with Crippen LogP contribution in [0.25, 0.3) is 0 Å². The second kappa shape index (κ2) is 7.80. The molecule has 0 unspecified atom stereocenters. The summed E-state index contributed by atoms with van der Waals surface area (Å²) >= 11 is 5.48. The van der Waals surface area contributed by atoms with E-state index < -0.39 is 0 Å². The minimum Gasteiger partial charge on any atom is -0.356 e. The molecule has 0 aromatic heterocycles. The van der Waals surface area contributed by atoms with Gasteiger partial charge in [-0.25, -0.2) is 0 Å². The first-order valence-electron chi connectivity index (χ1n) is 8.57. The molecule has 0 heterocycles. The monoisotopic (exact) mass is 340 g/mol. The Morgan fingerprint density at radius 3 is 2.25 bits per heavy atom. The minimum atomic E-state index is 0.160. The molecule has 3 heteroatoms. The second-order valence-electron chi connectivity index (χ2n) is 7.20. The summed E-state index contributed by atoms with van der Waals surface area (Å²) in [5.41, 5.74) is 5.10. The fourth-order valence-electron chi connectivity index (χ4n) is 2.66. The van der Waals surface area contributed by atoms with Gasteiger partial charge in [0.15, 0.2) is 5.11 Å². The molecule has 2 aromatic carbocycles. The Labute approximate surface area is 151 Å². The topological polar surface area (TPSA) is 24.1 Å². The maximum Gasteiger partial charge on any atom is 0.171 e. The molecule has 2 rings (SSSR count). The van der Waals surface area contributed by atoms with Crippen LogP contribution in [0, 0.1) is 0 Å². The van der Waals surface area contributed by atoms with Crippen molar-refractivity contribution in [3.05, 3.63) is 65.2 Å². The Bertz CT molecular complexity index is 684. The van der Waals surface area contributed by atoms with Gasteiger partial charge in [0.1, 0.15) is 0 Å². The molecule has 0 spiro atoms. The van der Waals surface area contributed by atoms with Gasteiger partial charge in [-0.2, -0.15) is 0 Å². The third-order valence-electron chi connectivity index (χ3n) is 4.27. The zero-order valence-electron chi connectivity index (χ0n) is 15.3. The summed E-state index contributed by atoms with van der Waals surface area (Å²) in [4.78, 5) is 0. The van der Waals surface area contributed by atoms with E-state index >= 15 is 0 Å². The van der Waals surface area contributed by atoms with Gasteiger partial charge in [-0.1, -0.05) is 70.2 Å². The molecule has 2 nitrogen and oxygen atoms in total. The highest BCUT2D eigenvalue weighted by Gasteiger charge is 2.14. The van der Waals surface area contributed by atoms with Crippen LogP contribution in [0.2, 0.25) is 0 Å². The maximum atomic E-state index is 5.48. The van der Waals surface area contributed by atoms with E-state index in [4.69, 9.17) is 12.2 Å². The molecule has 0 saturated carbocycles. The van der Waals surface area contributed by atoms with Crippen LogP contribution in [0.15, 0.2) is 48.5 Å². The van der Waals surface area contributed by atoms with Crippen molar-refractivity contribution in [3.8, 4) is 0 Å². The van der Waals surface area contributed by atoms with Gasteiger partial charge in [-0.15, -0.1) is 0 Å². The molecular weight excluding hydrogens is 312 g/mol. The summed E-state index contributed by atoms with van der Waals surface area (Å²) in [7, 11) is 0. The van der Waals surface area contributed by atoms with Gasteiger partial charge in [0.05, 0.1) is 6.04 Å². The van der Waals surface area contributed by atoms with Gasteiger partial charge in [-0.05, 0) is 53.7 Å². The number of rotatable bonds is 4. The third kappa shape index (κ3) is 4.81. The number of hydrogen-bond donors (Lipinski definition) is 2. The number of hydrogen-bond acceptors (Lipinski definition) is 1. The standard InChI is InChI=1S/C21H28N2S/c1-6-16-9-7-8-10-19(16)23-20(24)22-15(2)17-11-13-18(14-12-17)21(3,4)5/h7-15H,6H2,1-5H3,(H2,22,23,24)/t15-/m0/s1. The Hall–Kier alpha value is -1.87. The Morgan fingerprint density at radius 1 is 1.04 bits per heavy atom. The van der Waals surface area contributed by atoms with Gasteiger partial charge in [0, 0.05) is 5.69 Å². The molecule has 0 fully saturated rings. The van der Waals surface area contributed by atoms with Gasteiger partial charge in [-0.3, -0.25) is 0 Å². The highest BCUT2D eigenvalue weighted by molar-refractivity contribution is 7.80. The molecular formula is C21H28N2S. The van der Waals surface area contributed by atoms with E-state index in [9.17, 15) is 0 Å². The Morgan fingerprint density at radius 2 is 1.67 bits per heavy atom. The molecule has 2 aromatic rings. The van der Waals surface area contributed by atoms with Crippen molar-refractivity contribution in [3.63, 3.8) is 0 Å². The maximum absolute atomic E-state index is 5.48. The van der Waals surface area contributed by atoms with Crippen LogP contribution in [0.4, 0.5) is 5.69 Å². The van der Waals surface area contributed by atoms with Gasteiger partial charge in [0.25, 0.3) is 0 Å². The zero-order chi connectivity index (χ0) is 17.7. The molecule has 0 saturated heterocycles. The first-order valence-corrected chi connectivity index (χ1v) is 8.98. The van der Waals surface area contributed by atoms with Crippen molar-refractivity contribution in [2.24, 2.45) is 0 Å². The summed E-state index contributed by atoms with van der Waals surface area (Å²) in [5, 5.41) is 7.35. The molecule has 0 amide bonds. The molecule has 0 aliphatic rings. The second-order valence-corrected chi connectivity index (χ2v) is 7.61. The van der Waals surface area contributed by atoms with Crippen LogP contribution in [-0.2, 0) is 11.8 Å². The number of thiocarbonyl (C=S) groups is 1. The van der Waals surface area contributed by atoms with Crippen molar-refractivity contribution in [1.29, 1.82) is 0 Å². The van der Waals surface area contributed by atoms with Crippen molar-refractivity contribution < 1.29 is 0 Å². The van der Waals surface area contributed by atoms with Gasteiger partial charge < -0.3 is 10.6 Å². The van der Waals surface area contributed by atoms with Crippen LogP contribution in [0.5, 0.6) is 0 Å². The Kier molecular flexibility index (Phi) is 6.00. The van der Waals surface area contributed by atoms with Crippen molar-refractivity contribution in [1.82, 2.24) is 5.32 Å². The fraction of sp³-hybridized carbons (Fsp3) is 0.381. The number of aryl methyl sites for hydroxylation is 1. The van der Waals surface area contributed by atoms with Crippen molar-refractivity contribution in [2.75, 3.05) is 5.32 Å². The molecule has 24 heavy (non-hydrogen) atoms. The number of para-hydroxylation sites is 1. The summed E-state index contributed by atoms with van der Waals surface area (Å²) in [5.74, 6) is 0. The average molecular weight is 341 g/mol.